The van der Waals surface area contributed by atoms with Crippen LogP contribution in [0.3, 0.4) is 0 Å². The molecule has 0 amide bonds. The van der Waals surface area contributed by atoms with Crippen LogP contribution in [0.5, 0.6) is 0 Å². The Labute approximate surface area is 122 Å². The lowest BCUT2D eigenvalue weighted by atomic mass is 10.2. The van der Waals surface area contributed by atoms with Gasteiger partial charge in [-0.1, -0.05) is 0 Å². The second-order valence-corrected chi connectivity index (χ2v) is 6.14. The van der Waals surface area contributed by atoms with Gasteiger partial charge >= 0.3 is 5.69 Å². The highest BCUT2D eigenvalue weighted by molar-refractivity contribution is 6.28. The molecule has 0 unspecified atom stereocenters. The fraction of sp³-hybridized carbons (Fsp3) is 0.692. The van der Waals surface area contributed by atoms with Crippen LogP contribution in [0.4, 0.5) is 11.5 Å². The molecule has 0 saturated heterocycles. The Morgan fingerprint density at radius 2 is 1.80 bits per heavy atom. The highest BCUT2D eigenvalue weighted by Crippen LogP contribution is 2.38. The van der Waals surface area contributed by atoms with Crippen LogP contribution in [0, 0.1) is 28.9 Å². The van der Waals surface area contributed by atoms with E-state index in [1.165, 1.54) is 25.7 Å². The summed E-state index contributed by atoms with van der Waals surface area (Å²) in [6, 6.07) is 0. The average molecular weight is 297 g/mol. The van der Waals surface area contributed by atoms with Gasteiger partial charge in [-0.15, -0.1) is 0 Å². The minimum Gasteiger partial charge on any atom is -0.350 e. The molecule has 7 heteroatoms. The van der Waals surface area contributed by atoms with Gasteiger partial charge in [0.1, 0.15) is 5.69 Å². The molecule has 2 aliphatic rings. The Morgan fingerprint density at radius 3 is 2.25 bits per heavy atom. The van der Waals surface area contributed by atoms with Crippen LogP contribution < -0.4 is 4.90 Å². The second-order valence-electron chi connectivity index (χ2n) is 5.80. The van der Waals surface area contributed by atoms with Crippen molar-refractivity contribution in [3.63, 3.8) is 0 Å². The Balaban J connectivity index is 1.96. The molecule has 0 bridgehead atoms. The predicted octanol–water partition coefficient (Wildman–Crippen LogP) is 2.97. The molecule has 1 aromatic heterocycles. The van der Waals surface area contributed by atoms with Crippen molar-refractivity contribution < 1.29 is 4.92 Å². The summed E-state index contributed by atoms with van der Waals surface area (Å²) < 4.78 is 0. The minimum atomic E-state index is -0.395. The number of nitrogens with zero attached hydrogens (tertiary/aromatic N) is 4. The van der Waals surface area contributed by atoms with Gasteiger partial charge in [0.25, 0.3) is 0 Å². The predicted molar refractivity (Wildman–Crippen MR) is 76.1 cm³/mol. The lowest BCUT2D eigenvalue weighted by molar-refractivity contribution is -0.385. The van der Waals surface area contributed by atoms with Crippen molar-refractivity contribution in [2.45, 2.75) is 32.6 Å². The van der Waals surface area contributed by atoms with Gasteiger partial charge in [0.2, 0.25) is 11.1 Å². The lowest BCUT2D eigenvalue weighted by Gasteiger charge is -2.23. The van der Waals surface area contributed by atoms with Gasteiger partial charge < -0.3 is 4.90 Å². The minimum absolute atomic E-state index is 0.00398. The molecular weight excluding hydrogens is 280 g/mol. The number of hydrogen-bond donors (Lipinski definition) is 0. The van der Waals surface area contributed by atoms with E-state index >= 15 is 0 Å². The largest absolute Gasteiger partial charge is 0.350 e. The summed E-state index contributed by atoms with van der Waals surface area (Å²) in [6.45, 7) is 3.29. The molecule has 6 nitrogen and oxygen atoms in total. The van der Waals surface area contributed by atoms with Crippen LogP contribution in [0.1, 0.15) is 31.4 Å². The number of aromatic nitrogens is 2. The highest BCUT2D eigenvalue weighted by atomic mass is 35.5. The molecular formula is C13H17ClN4O2. The molecule has 0 radical (unpaired) electrons. The summed E-state index contributed by atoms with van der Waals surface area (Å²) in [6.07, 6.45) is 4.80. The molecule has 2 saturated carbocycles. The first-order valence-electron chi connectivity index (χ1n) is 6.98. The van der Waals surface area contributed by atoms with Crippen LogP contribution >= 0.6 is 11.6 Å². The maximum Gasteiger partial charge on any atom is 0.332 e. The zero-order valence-electron chi connectivity index (χ0n) is 11.4. The first kappa shape index (κ1) is 13.5. The molecule has 1 aromatic rings. The fourth-order valence-electron chi connectivity index (χ4n) is 2.42. The third kappa shape index (κ3) is 3.00. The zero-order chi connectivity index (χ0) is 14.3. The number of hydrogen-bond acceptors (Lipinski definition) is 5. The van der Waals surface area contributed by atoms with Gasteiger partial charge in [-0.25, -0.2) is 4.98 Å². The molecule has 108 valence electrons. The lowest BCUT2D eigenvalue weighted by Crippen LogP contribution is -2.30. The molecule has 0 atom stereocenters. The number of rotatable bonds is 6. The summed E-state index contributed by atoms with van der Waals surface area (Å²) in [4.78, 5) is 21.0. The van der Waals surface area contributed by atoms with E-state index in [2.05, 4.69) is 9.97 Å². The van der Waals surface area contributed by atoms with E-state index in [-0.39, 0.29) is 11.0 Å². The van der Waals surface area contributed by atoms with Crippen molar-refractivity contribution in [2.24, 2.45) is 11.8 Å². The van der Waals surface area contributed by atoms with Crippen LogP contribution in [0.2, 0.25) is 5.28 Å². The molecule has 0 spiro atoms. The van der Waals surface area contributed by atoms with Gasteiger partial charge in [-0.3, -0.25) is 10.1 Å². The molecule has 2 aliphatic carbocycles. The SMILES string of the molecule is Cc1nc(Cl)nc(N(CC2CC2)CC2CC2)c1[N+](=O)[O-]. The quantitative estimate of drug-likeness (QED) is 0.458. The molecule has 2 fully saturated rings. The van der Waals surface area contributed by atoms with Crippen LogP contribution in [-0.4, -0.2) is 28.0 Å². The average Bonchev–Trinajstić information content (AvgIpc) is 3.21. The Hall–Kier alpha value is -1.43. The Bertz CT molecular complexity index is 529. The molecule has 20 heavy (non-hydrogen) atoms. The highest BCUT2D eigenvalue weighted by Gasteiger charge is 2.34. The van der Waals surface area contributed by atoms with Crippen molar-refractivity contribution in [1.82, 2.24) is 9.97 Å². The summed E-state index contributed by atoms with van der Waals surface area (Å²) in [5, 5.41) is 11.4. The first-order valence-corrected chi connectivity index (χ1v) is 7.36. The summed E-state index contributed by atoms with van der Waals surface area (Å²) in [5.41, 5.74) is 0.331. The topological polar surface area (TPSA) is 72.2 Å². The van der Waals surface area contributed by atoms with E-state index in [9.17, 15) is 10.1 Å². The number of halogens is 1. The van der Waals surface area contributed by atoms with E-state index in [1.807, 2.05) is 4.90 Å². The Kier molecular flexibility index (Phi) is 3.50. The monoisotopic (exact) mass is 296 g/mol. The standard InChI is InChI=1S/C13H17ClN4O2/c1-8-11(18(19)20)12(16-13(14)15-8)17(6-9-2-3-9)7-10-4-5-10/h9-10H,2-7H2,1H3. The van der Waals surface area contributed by atoms with Crippen molar-refractivity contribution in [2.75, 3.05) is 18.0 Å². The van der Waals surface area contributed by atoms with E-state index < -0.39 is 4.92 Å². The van der Waals surface area contributed by atoms with E-state index in [4.69, 9.17) is 11.6 Å². The molecule has 3 rings (SSSR count). The summed E-state index contributed by atoms with van der Waals surface area (Å²) >= 11 is 5.90. The molecule has 0 aliphatic heterocycles. The summed E-state index contributed by atoms with van der Waals surface area (Å²) in [7, 11) is 0. The number of anilines is 1. The third-order valence-corrected chi connectivity index (χ3v) is 4.01. The third-order valence-electron chi connectivity index (χ3n) is 3.85. The Morgan fingerprint density at radius 1 is 1.25 bits per heavy atom. The smallest absolute Gasteiger partial charge is 0.332 e. The molecule has 1 heterocycles. The number of nitro groups is 1. The normalized spacial score (nSPS) is 18.1. The second kappa shape index (κ2) is 5.16. The fourth-order valence-corrected chi connectivity index (χ4v) is 2.63. The van der Waals surface area contributed by atoms with E-state index in [0.717, 1.165) is 13.1 Å². The zero-order valence-corrected chi connectivity index (χ0v) is 12.1. The van der Waals surface area contributed by atoms with Gasteiger partial charge in [0, 0.05) is 13.1 Å². The van der Waals surface area contributed by atoms with Crippen LogP contribution in [0.25, 0.3) is 0 Å². The van der Waals surface area contributed by atoms with Gasteiger partial charge in [-0.05, 0) is 56.0 Å². The van der Waals surface area contributed by atoms with Crippen LogP contribution in [0.15, 0.2) is 0 Å². The number of aryl methyl sites for hydroxylation is 1. The van der Waals surface area contributed by atoms with Gasteiger partial charge in [0.15, 0.2) is 0 Å². The first-order chi connectivity index (χ1) is 9.54. The molecule has 0 N–H and O–H groups in total. The van der Waals surface area contributed by atoms with Crippen molar-refractivity contribution in [1.29, 1.82) is 0 Å². The molecule has 0 aromatic carbocycles. The van der Waals surface area contributed by atoms with E-state index in [1.54, 1.807) is 6.92 Å². The summed E-state index contributed by atoms with van der Waals surface area (Å²) in [5.74, 6) is 1.68. The van der Waals surface area contributed by atoms with Crippen LogP contribution in [-0.2, 0) is 0 Å². The van der Waals surface area contributed by atoms with Crippen molar-refractivity contribution in [3.8, 4) is 0 Å². The van der Waals surface area contributed by atoms with Crippen molar-refractivity contribution >= 4 is 23.1 Å². The maximum atomic E-state index is 11.3. The van der Waals surface area contributed by atoms with Gasteiger partial charge in [-0.2, -0.15) is 4.98 Å². The van der Waals surface area contributed by atoms with E-state index in [0.29, 0.717) is 23.3 Å². The van der Waals surface area contributed by atoms with Crippen molar-refractivity contribution in [3.05, 3.63) is 21.1 Å². The maximum absolute atomic E-state index is 11.3. The van der Waals surface area contributed by atoms with Gasteiger partial charge in [0.05, 0.1) is 4.92 Å².